The van der Waals surface area contributed by atoms with Crippen LogP contribution in [0.1, 0.15) is 31.8 Å². The van der Waals surface area contributed by atoms with Crippen LogP contribution in [0.4, 0.5) is 0 Å². The molecule has 25 heavy (non-hydrogen) atoms. The molecule has 0 unspecified atom stereocenters. The van der Waals surface area contributed by atoms with E-state index in [-0.39, 0.29) is 11.1 Å². The van der Waals surface area contributed by atoms with Crippen LogP contribution in [0.25, 0.3) is 10.9 Å². The number of aromatic nitrogens is 1. The van der Waals surface area contributed by atoms with Gasteiger partial charge in [-0.05, 0) is 41.5 Å². The van der Waals surface area contributed by atoms with Gasteiger partial charge in [-0.3, -0.25) is 0 Å². The third-order valence-corrected chi connectivity index (χ3v) is 4.23. The number of carboxylic acid groups (broad SMARTS) is 2. The second-order valence-corrected chi connectivity index (χ2v) is 5.81. The van der Waals surface area contributed by atoms with Crippen molar-refractivity contribution >= 4 is 22.8 Å². The van der Waals surface area contributed by atoms with Crippen molar-refractivity contribution in [1.29, 1.82) is 0 Å². The van der Waals surface area contributed by atoms with Crippen molar-refractivity contribution in [3.63, 3.8) is 0 Å². The first-order valence-electron chi connectivity index (χ1n) is 7.62. The molecule has 0 aliphatic heterocycles. The van der Waals surface area contributed by atoms with Gasteiger partial charge in [0.15, 0.2) is 0 Å². The van der Waals surface area contributed by atoms with Gasteiger partial charge in [0.25, 0.3) is 0 Å². The molecule has 0 spiro atoms. The Hall–Kier alpha value is -3.28. The molecule has 0 saturated carbocycles. The maximum atomic E-state index is 11.2. The summed E-state index contributed by atoms with van der Waals surface area (Å²) in [5.74, 6) is -1.49. The van der Waals surface area contributed by atoms with Crippen molar-refractivity contribution in [1.82, 2.24) is 4.57 Å². The standard InChI is InChI=1S/C19H17NO5/c1-20-10-14(15-8-12(18(21)22)5-6-16(15)20)7-11-3-4-13(19(23)24)9-17(11)25-2/h3-6,8-10H,7H2,1-2H3,(H,21,22)(H,23,24). The molecule has 6 heteroatoms. The number of methoxy groups -OCH3 is 1. The van der Waals surface area contributed by atoms with Crippen molar-refractivity contribution in [2.75, 3.05) is 7.11 Å². The fraction of sp³-hybridized carbons (Fsp3) is 0.158. The number of benzene rings is 2. The second kappa shape index (κ2) is 6.32. The molecule has 2 aromatic carbocycles. The van der Waals surface area contributed by atoms with Gasteiger partial charge in [-0.15, -0.1) is 0 Å². The second-order valence-electron chi connectivity index (χ2n) is 5.81. The number of rotatable bonds is 5. The first-order chi connectivity index (χ1) is 11.9. The fourth-order valence-corrected chi connectivity index (χ4v) is 2.98. The molecule has 2 N–H and O–H groups in total. The van der Waals surface area contributed by atoms with Crippen LogP contribution in [0.2, 0.25) is 0 Å². The van der Waals surface area contributed by atoms with Gasteiger partial charge in [-0.1, -0.05) is 6.07 Å². The summed E-state index contributed by atoms with van der Waals surface area (Å²) in [6.45, 7) is 0. The lowest BCUT2D eigenvalue weighted by Gasteiger charge is -2.09. The Bertz CT molecular complexity index is 987. The van der Waals surface area contributed by atoms with E-state index in [1.807, 2.05) is 17.8 Å². The Balaban J connectivity index is 2.07. The van der Waals surface area contributed by atoms with Gasteiger partial charge in [0.1, 0.15) is 5.75 Å². The van der Waals surface area contributed by atoms with E-state index in [0.29, 0.717) is 12.2 Å². The summed E-state index contributed by atoms with van der Waals surface area (Å²) in [5.41, 5.74) is 3.10. The first-order valence-corrected chi connectivity index (χ1v) is 7.62. The Morgan fingerprint density at radius 3 is 2.28 bits per heavy atom. The maximum Gasteiger partial charge on any atom is 0.335 e. The monoisotopic (exact) mass is 339 g/mol. The van der Waals surface area contributed by atoms with Crippen molar-refractivity contribution in [2.24, 2.45) is 7.05 Å². The van der Waals surface area contributed by atoms with E-state index < -0.39 is 11.9 Å². The van der Waals surface area contributed by atoms with Crippen molar-refractivity contribution < 1.29 is 24.5 Å². The topological polar surface area (TPSA) is 88.8 Å². The molecule has 3 aromatic rings. The highest BCUT2D eigenvalue weighted by molar-refractivity contribution is 5.95. The molecular formula is C19H17NO5. The predicted molar refractivity (Wildman–Crippen MR) is 92.6 cm³/mol. The van der Waals surface area contributed by atoms with E-state index in [2.05, 4.69) is 0 Å². The zero-order valence-electron chi connectivity index (χ0n) is 13.8. The van der Waals surface area contributed by atoms with E-state index in [9.17, 15) is 14.7 Å². The molecule has 1 aromatic heterocycles. The molecule has 0 saturated heterocycles. The number of aromatic carboxylic acids is 2. The molecule has 0 aliphatic rings. The molecule has 3 rings (SSSR count). The Labute approximate surface area is 143 Å². The molecule has 0 amide bonds. The van der Waals surface area contributed by atoms with Crippen LogP contribution in [0.3, 0.4) is 0 Å². The minimum absolute atomic E-state index is 0.159. The summed E-state index contributed by atoms with van der Waals surface area (Å²) in [5, 5.41) is 19.2. The fourth-order valence-electron chi connectivity index (χ4n) is 2.98. The van der Waals surface area contributed by atoms with E-state index in [4.69, 9.17) is 9.84 Å². The average Bonchev–Trinajstić information content (AvgIpc) is 2.90. The lowest BCUT2D eigenvalue weighted by atomic mass is 10.0. The Morgan fingerprint density at radius 2 is 1.64 bits per heavy atom. The third kappa shape index (κ3) is 3.06. The van der Waals surface area contributed by atoms with Crippen molar-refractivity contribution in [3.05, 3.63) is 64.8 Å². The summed E-state index contributed by atoms with van der Waals surface area (Å²) < 4.78 is 7.26. The van der Waals surface area contributed by atoms with Gasteiger partial charge in [-0.25, -0.2) is 9.59 Å². The number of carbonyl (C=O) groups is 2. The van der Waals surface area contributed by atoms with Crippen molar-refractivity contribution in [3.8, 4) is 5.75 Å². The minimum atomic E-state index is -1.01. The minimum Gasteiger partial charge on any atom is -0.496 e. The molecule has 0 bridgehead atoms. The first kappa shape index (κ1) is 16.6. The van der Waals surface area contributed by atoms with Crippen LogP contribution in [-0.4, -0.2) is 33.8 Å². The Morgan fingerprint density at radius 1 is 1.00 bits per heavy atom. The van der Waals surface area contributed by atoms with Gasteiger partial charge in [-0.2, -0.15) is 0 Å². The molecule has 6 nitrogen and oxygen atoms in total. The van der Waals surface area contributed by atoms with E-state index >= 15 is 0 Å². The average molecular weight is 339 g/mol. The van der Waals surface area contributed by atoms with Crippen LogP contribution in [-0.2, 0) is 13.5 Å². The quantitative estimate of drug-likeness (QED) is 0.745. The van der Waals surface area contributed by atoms with E-state index in [1.165, 1.54) is 19.2 Å². The van der Waals surface area contributed by atoms with E-state index in [0.717, 1.165) is 22.0 Å². The number of hydrogen-bond donors (Lipinski definition) is 2. The summed E-state index contributed by atoms with van der Waals surface area (Å²) in [6.07, 6.45) is 2.45. The number of carboxylic acids is 2. The lowest BCUT2D eigenvalue weighted by molar-refractivity contribution is 0.0686. The van der Waals surface area contributed by atoms with Crippen LogP contribution < -0.4 is 4.74 Å². The van der Waals surface area contributed by atoms with Gasteiger partial charge >= 0.3 is 11.9 Å². The predicted octanol–water partition coefficient (Wildman–Crippen LogP) is 3.17. The number of aryl methyl sites for hydroxylation is 1. The zero-order valence-corrected chi connectivity index (χ0v) is 13.8. The highest BCUT2D eigenvalue weighted by Gasteiger charge is 2.14. The number of nitrogens with zero attached hydrogens (tertiary/aromatic N) is 1. The molecule has 0 aliphatic carbocycles. The molecular weight excluding hydrogens is 322 g/mol. The molecule has 128 valence electrons. The Kier molecular flexibility index (Phi) is 4.19. The lowest BCUT2D eigenvalue weighted by Crippen LogP contribution is -2.00. The van der Waals surface area contributed by atoms with Gasteiger partial charge in [0.05, 0.1) is 18.2 Å². The summed E-state index contributed by atoms with van der Waals surface area (Å²) >= 11 is 0. The number of fused-ring (bicyclic) bond motifs is 1. The SMILES string of the molecule is COc1cc(C(=O)O)ccc1Cc1cn(C)c2ccc(C(=O)O)cc12. The summed E-state index contributed by atoms with van der Waals surface area (Å²) in [7, 11) is 3.40. The van der Waals surface area contributed by atoms with Gasteiger partial charge in [0.2, 0.25) is 0 Å². The molecule has 0 atom stereocenters. The van der Waals surface area contributed by atoms with Gasteiger partial charge < -0.3 is 19.5 Å². The summed E-state index contributed by atoms with van der Waals surface area (Å²) in [4.78, 5) is 22.3. The van der Waals surface area contributed by atoms with Gasteiger partial charge in [0, 0.05) is 30.6 Å². The molecule has 0 radical (unpaired) electrons. The smallest absolute Gasteiger partial charge is 0.335 e. The number of hydrogen-bond acceptors (Lipinski definition) is 3. The maximum absolute atomic E-state index is 11.2. The zero-order chi connectivity index (χ0) is 18.1. The molecule has 1 heterocycles. The summed E-state index contributed by atoms with van der Waals surface area (Å²) in [6, 6.07) is 9.77. The number of ether oxygens (including phenoxy) is 1. The molecule has 0 fully saturated rings. The third-order valence-electron chi connectivity index (χ3n) is 4.23. The van der Waals surface area contributed by atoms with Crippen LogP contribution in [0.15, 0.2) is 42.6 Å². The van der Waals surface area contributed by atoms with Crippen LogP contribution >= 0.6 is 0 Å². The van der Waals surface area contributed by atoms with Crippen LogP contribution in [0.5, 0.6) is 5.75 Å². The largest absolute Gasteiger partial charge is 0.496 e. The highest BCUT2D eigenvalue weighted by atomic mass is 16.5. The highest BCUT2D eigenvalue weighted by Crippen LogP contribution is 2.28. The van der Waals surface area contributed by atoms with Crippen LogP contribution in [0, 0.1) is 0 Å². The van der Waals surface area contributed by atoms with Crippen molar-refractivity contribution in [2.45, 2.75) is 6.42 Å². The van der Waals surface area contributed by atoms with E-state index in [1.54, 1.807) is 24.3 Å². The normalized spacial score (nSPS) is 10.8.